The van der Waals surface area contributed by atoms with E-state index in [9.17, 15) is 35.1 Å². The van der Waals surface area contributed by atoms with Gasteiger partial charge in [-0.3, -0.25) is 9.59 Å². The highest BCUT2D eigenvalue weighted by atomic mass is 35.5. The minimum atomic E-state index is -1.91. The Morgan fingerprint density at radius 1 is 1.08 bits per heavy atom. The van der Waals surface area contributed by atoms with Crippen LogP contribution in [0, 0.1) is 19.8 Å². The molecule has 1 fully saturated rings. The number of carbonyl (C=O) groups is 2. The predicted molar refractivity (Wildman–Crippen MR) is 193 cm³/mol. The number of aliphatic hydroxyl groups excluding tert-OH is 3. The second kappa shape index (κ2) is 14.0. The first-order valence-corrected chi connectivity index (χ1v) is 18.1. The average molecular weight is 750 g/mol. The Morgan fingerprint density at radius 3 is 2.58 bits per heavy atom. The molecule has 0 aromatic heterocycles. The number of Topliss-reactive ketones (excluding diaryl/α,β-unsaturated/α-hetero) is 1. The summed E-state index contributed by atoms with van der Waals surface area (Å²) in [6.07, 6.45) is -4.53. The topological polar surface area (TPSA) is 184 Å². The molecule has 1 saturated heterocycles. The zero-order valence-corrected chi connectivity index (χ0v) is 30.6. The maximum atomic E-state index is 13.5. The molecule has 3 aromatic rings. The number of aliphatic hydroxyl groups is 4. The first-order valence-electron chi connectivity index (χ1n) is 17.7. The van der Waals surface area contributed by atoms with Crippen LogP contribution in [0.5, 0.6) is 17.2 Å². The van der Waals surface area contributed by atoms with Crippen molar-refractivity contribution < 1.29 is 54.1 Å². The van der Waals surface area contributed by atoms with Crippen molar-refractivity contribution in [1.29, 1.82) is 0 Å². The van der Waals surface area contributed by atoms with Gasteiger partial charge in [-0.25, -0.2) is 0 Å². The predicted octanol–water partition coefficient (Wildman–Crippen LogP) is 4.16. The molecule has 0 saturated carbocycles. The Balaban J connectivity index is 1.26. The smallest absolute Gasteiger partial charge is 0.220 e. The number of aryl methyl sites for hydroxylation is 3. The van der Waals surface area contributed by atoms with Gasteiger partial charge in [0.1, 0.15) is 11.9 Å². The van der Waals surface area contributed by atoms with E-state index in [1.165, 1.54) is 14.0 Å². The van der Waals surface area contributed by atoms with Crippen molar-refractivity contribution in [2.45, 2.75) is 88.4 Å². The lowest BCUT2D eigenvalue weighted by Gasteiger charge is -2.48. The summed E-state index contributed by atoms with van der Waals surface area (Å²) in [5, 5.41) is 60.2. The van der Waals surface area contributed by atoms with Gasteiger partial charge >= 0.3 is 0 Å². The van der Waals surface area contributed by atoms with Crippen LogP contribution in [0.15, 0.2) is 48.5 Å². The largest absolute Gasteiger partial charge is 0.507 e. The van der Waals surface area contributed by atoms with Gasteiger partial charge in [0.15, 0.2) is 35.3 Å². The van der Waals surface area contributed by atoms with Crippen LogP contribution >= 0.6 is 11.6 Å². The highest BCUT2D eigenvalue weighted by molar-refractivity contribution is 6.33. The van der Waals surface area contributed by atoms with Crippen LogP contribution in [0.3, 0.4) is 0 Å². The van der Waals surface area contributed by atoms with Gasteiger partial charge < -0.3 is 49.8 Å². The van der Waals surface area contributed by atoms with Crippen molar-refractivity contribution in [3.05, 3.63) is 92.5 Å². The molecule has 1 amide bonds. The molecule has 0 radical (unpaired) electrons. The van der Waals surface area contributed by atoms with E-state index < -0.39 is 53.6 Å². The van der Waals surface area contributed by atoms with Gasteiger partial charge in [-0.2, -0.15) is 0 Å². The molecule has 12 nitrogen and oxygen atoms in total. The van der Waals surface area contributed by atoms with Crippen molar-refractivity contribution in [1.82, 2.24) is 5.32 Å². The number of hydrogen-bond acceptors (Lipinski definition) is 11. The number of nitrogens with one attached hydrogen (secondary N) is 1. The van der Waals surface area contributed by atoms with Crippen LogP contribution in [0.2, 0.25) is 5.02 Å². The fraction of sp³-hybridized carbons (Fsp3) is 0.450. The van der Waals surface area contributed by atoms with E-state index in [2.05, 4.69) is 5.32 Å². The minimum absolute atomic E-state index is 0.0353. The standard InChI is InChI=1S/C40H44ClNO11/c1-19-5-6-20(2)34(47)32(19)27(43)16-23-18-51-38(36(48)39(23,3)49)53-40-26(11-13-30(40)45)25-15-22-7-10-24(25)37(40)52-35-29(50-4)12-8-21(33(35)41)9-14-31(46)42-17-28(22)44/h5-8,10-12,15,23,28,30,36-38,44-45,47-49H,9,13-14,16-18H2,1-4H3,(H,42,46). The fourth-order valence-electron chi connectivity index (χ4n) is 8.05. The minimum Gasteiger partial charge on any atom is -0.507 e. The van der Waals surface area contributed by atoms with E-state index in [4.69, 9.17) is 30.5 Å². The van der Waals surface area contributed by atoms with Gasteiger partial charge in [-0.05, 0) is 79.1 Å². The number of halogens is 1. The summed E-state index contributed by atoms with van der Waals surface area (Å²) >= 11 is 6.96. The van der Waals surface area contributed by atoms with Crippen LogP contribution in [-0.2, 0) is 20.7 Å². The Labute approximate surface area is 311 Å². The Hall–Kier alpha value is -4.01. The highest BCUT2D eigenvalue weighted by Crippen LogP contribution is 2.59. The average Bonchev–Trinajstić information content (AvgIpc) is 3.59. The number of benzene rings is 3. The molecule has 2 aliphatic carbocycles. The zero-order chi connectivity index (χ0) is 38.0. The summed E-state index contributed by atoms with van der Waals surface area (Å²) < 4.78 is 25.3. The second-order valence-electron chi connectivity index (χ2n) is 14.6. The summed E-state index contributed by atoms with van der Waals surface area (Å²) in [4.78, 5) is 26.2. The first-order chi connectivity index (χ1) is 25.2. The molecule has 5 aliphatic rings. The van der Waals surface area contributed by atoms with Crippen LogP contribution in [0.25, 0.3) is 5.57 Å². The summed E-state index contributed by atoms with van der Waals surface area (Å²) in [5.41, 5.74) is 0.458. The molecular weight excluding hydrogens is 706 g/mol. The van der Waals surface area contributed by atoms with Gasteiger partial charge in [0, 0.05) is 30.9 Å². The number of fused-ring (bicyclic) bond motifs is 7. The van der Waals surface area contributed by atoms with Gasteiger partial charge in [-0.1, -0.05) is 48.0 Å². The molecule has 0 spiro atoms. The van der Waals surface area contributed by atoms with E-state index in [-0.39, 0.29) is 66.8 Å². The van der Waals surface area contributed by atoms with E-state index in [0.29, 0.717) is 44.7 Å². The summed E-state index contributed by atoms with van der Waals surface area (Å²) in [6, 6.07) is 12.1. The molecule has 3 aliphatic heterocycles. The van der Waals surface area contributed by atoms with Gasteiger partial charge in [-0.15, -0.1) is 0 Å². The third-order valence-electron chi connectivity index (χ3n) is 11.4. The molecule has 6 N–H and O–H groups in total. The molecule has 8 atom stereocenters. The Bertz CT molecular complexity index is 2000. The van der Waals surface area contributed by atoms with Crippen molar-refractivity contribution in [3.63, 3.8) is 0 Å². The van der Waals surface area contributed by atoms with Crippen LogP contribution < -0.4 is 14.8 Å². The van der Waals surface area contributed by atoms with Crippen molar-refractivity contribution in [3.8, 4) is 17.2 Å². The number of ether oxygens (including phenoxy) is 4. The lowest BCUT2D eigenvalue weighted by Crippen LogP contribution is -2.62. The number of amides is 1. The van der Waals surface area contributed by atoms with Crippen LogP contribution in [0.1, 0.15) is 82.1 Å². The molecule has 8 rings (SSSR count). The van der Waals surface area contributed by atoms with Crippen molar-refractivity contribution >= 4 is 28.9 Å². The Kier molecular flexibility index (Phi) is 9.86. The quantitative estimate of drug-likeness (QED) is 0.199. The third kappa shape index (κ3) is 6.20. The molecule has 282 valence electrons. The number of aromatic hydroxyl groups is 1. The lowest BCUT2D eigenvalue weighted by molar-refractivity contribution is -0.323. The zero-order valence-electron chi connectivity index (χ0n) is 29.9. The number of carbonyl (C=O) groups excluding carboxylic acids is 2. The summed E-state index contributed by atoms with van der Waals surface area (Å²) in [5.74, 6) is -1.25. The summed E-state index contributed by atoms with van der Waals surface area (Å²) in [6.45, 7) is 4.58. The maximum absolute atomic E-state index is 13.5. The van der Waals surface area contributed by atoms with Crippen LogP contribution in [-0.4, -0.2) is 87.2 Å². The van der Waals surface area contributed by atoms with E-state index in [1.54, 1.807) is 62.4 Å². The van der Waals surface area contributed by atoms with Crippen molar-refractivity contribution in [2.24, 2.45) is 5.92 Å². The Morgan fingerprint density at radius 2 is 1.83 bits per heavy atom. The molecule has 13 heteroatoms. The SMILES string of the molecule is COc1ccc2c(Cl)c1OC1c3ccc(cc3C3=CCC(O)C31OC1OCC(CC(=O)c3c(C)ccc(C)c3O)C(C)(O)C1O)C(O)CNC(=O)CC2. The lowest BCUT2D eigenvalue weighted by atomic mass is 9.78. The van der Waals surface area contributed by atoms with Gasteiger partial charge in [0.2, 0.25) is 5.91 Å². The number of phenols is 1. The number of ketones is 1. The fourth-order valence-corrected chi connectivity index (χ4v) is 8.35. The van der Waals surface area contributed by atoms with Crippen LogP contribution in [0.4, 0.5) is 0 Å². The molecule has 53 heavy (non-hydrogen) atoms. The normalized spacial score (nSPS) is 30.8. The monoisotopic (exact) mass is 749 g/mol. The number of rotatable bonds is 6. The molecular formula is C40H44ClNO11. The van der Waals surface area contributed by atoms with E-state index in [0.717, 1.165) is 0 Å². The third-order valence-corrected chi connectivity index (χ3v) is 11.8. The van der Waals surface area contributed by atoms with E-state index >= 15 is 0 Å². The molecule has 6 bridgehead atoms. The molecule has 3 aromatic carbocycles. The highest BCUT2D eigenvalue weighted by Gasteiger charge is 2.63. The number of phenolic OH excluding ortho intramolecular Hbond substituents is 1. The summed E-state index contributed by atoms with van der Waals surface area (Å²) in [7, 11) is 1.46. The van der Waals surface area contributed by atoms with Gasteiger partial charge in [0.25, 0.3) is 0 Å². The van der Waals surface area contributed by atoms with Gasteiger partial charge in [0.05, 0.1) is 42.1 Å². The molecule has 3 heterocycles. The number of hydrogen-bond donors (Lipinski definition) is 6. The number of methoxy groups -OCH3 is 1. The van der Waals surface area contributed by atoms with Crippen molar-refractivity contribution in [2.75, 3.05) is 20.3 Å². The molecule has 8 unspecified atom stereocenters. The first kappa shape index (κ1) is 37.3. The maximum Gasteiger partial charge on any atom is 0.220 e. The van der Waals surface area contributed by atoms with E-state index in [1.807, 2.05) is 0 Å². The second-order valence-corrected chi connectivity index (χ2v) is 15.0.